The lowest BCUT2D eigenvalue weighted by molar-refractivity contribution is -0.0824. The lowest BCUT2D eigenvalue weighted by atomic mass is 9.96. The van der Waals surface area contributed by atoms with Crippen LogP contribution in [0.4, 0.5) is 10.5 Å². The number of amides is 2. The Morgan fingerprint density at radius 2 is 1.92 bits per heavy atom. The molecule has 0 unspecified atom stereocenters. The van der Waals surface area contributed by atoms with E-state index < -0.39 is 16.9 Å². The molecule has 136 valence electrons. The molecule has 1 aromatic carbocycles. The number of nitrogens with one attached hydrogen (secondary N) is 1. The molecular weight excluding hydrogens is 354 g/mol. The van der Waals surface area contributed by atoms with E-state index in [1.807, 2.05) is 49.1 Å². The summed E-state index contributed by atoms with van der Waals surface area (Å²) >= 11 is 7.04. The highest BCUT2D eigenvalue weighted by Gasteiger charge is 2.50. The minimum Gasteiger partial charge on any atom is -0.333 e. The molecule has 5 nitrogen and oxygen atoms in total. The fourth-order valence-corrected chi connectivity index (χ4v) is 5.49. The molecule has 1 saturated carbocycles. The third kappa shape index (κ3) is 3.93. The van der Waals surface area contributed by atoms with Crippen molar-refractivity contribution in [3.05, 3.63) is 30.3 Å². The van der Waals surface area contributed by atoms with Crippen LogP contribution in [0.1, 0.15) is 46.0 Å². The summed E-state index contributed by atoms with van der Waals surface area (Å²) in [5.74, 6) is 0. The van der Waals surface area contributed by atoms with Crippen molar-refractivity contribution in [2.45, 2.75) is 62.9 Å². The number of hydroxylamine groups is 2. The van der Waals surface area contributed by atoms with Gasteiger partial charge in [-0.1, -0.05) is 61.4 Å². The van der Waals surface area contributed by atoms with E-state index >= 15 is 0 Å². The Labute approximate surface area is 158 Å². The van der Waals surface area contributed by atoms with E-state index in [-0.39, 0.29) is 6.04 Å². The van der Waals surface area contributed by atoms with E-state index in [2.05, 4.69) is 5.32 Å². The summed E-state index contributed by atoms with van der Waals surface area (Å²) in [6.07, 6.45) is 4.86. The number of rotatable bonds is 3. The number of urea groups is 1. The van der Waals surface area contributed by atoms with Crippen molar-refractivity contribution in [1.82, 2.24) is 10.4 Å². The predicted molar refractivity (Wildman–Crippen MR) is 106 cm³/mol. The van der Waals surface area contributed by atoms with E-state index in [0.29, 0.717) is 4.32 Å². The summed E-state index contributed by atoms with van der Waals surface area (Å²) in [4.78, 5) is 14.5. The molecule has 2 aliphatic rings. The SMILES string of the molecule is CC1(C)SC(=S)N(c2ccccc2)[C@H]1N(O)C(=O)NC1CCCCC1. The van der Waals surface area contributed by atoms with Crippen LogP contribution in [0.15, 0.2) is 30.3 Å². The molecular formula is C18H25N3O2S2. The first-order chi connectivity index (χ1) is 11.9. The van der Waals surface area contributed by atoms with Crippen molar-refractivity contribution >= 4 is 40.0 Å². The highest BCUT2D eigenvalue weighted by molar-refractivity contribution is 8.24. The molecule has 1 aromatic rings. The maximum Gasteiger partial charge on any atom is 0.343 e. The normalized spacial score (nSPS) is 23.6. The number of hydrogen-bond acceptors (Lipinski definition) is 4. The van der Waals surface area contributed by atoms with Crippen molar-refractivity contribution in [3.63, 3.8) is 0 Å². The van der Waals surface area contributed by atoms with E-state index in [0.717, 1.165) is 36.4 Å². The van der Waals surface area contributed by atoms with Gasteiger partial charge in [-0.25, -0.2) is 4.79 Å². The number of carbonyl (C=O) groups excluding carboxylic acids is 1. The smallest absolute Gasteiger partial charge is 0.333 e. The maximum absolute atomic E-state index is 12.7. The first kappa shape index (κ1) is 18.5. The fourth-order valence-electron chi connectivity index (χ4n) is 3.58. The quantitative estimate of drug-likeness (QED) is 0.464. The Bertz CT molecular complexity index is 632. The van der Waals surface area contributed by atoms with E-state index in [1.54, 1.807) is 0 Å². The molecule has 0 aromatic heterocycles. The average Bonchev–Trinajstić information content (AvgIpc) is 2.84. The summed E-state index contributed by atoms with van der Waals surface area (Å²) in [6, 6.07) is 9.36. The van der Waals surface area contributed by atoms with Crippen LogP contribution in [0, 0.1) is 0 Å². The zero-order valence-electron chi connectivity index (χ0n) is 14.6. The Morgan fingerprint density at radius 3 is 2.56 bits per heavy atom. The molecule has 2 amide bonds. The van der Waals surface area contributed by atoms with Gasteiger partial charge in [0.25, 0.3) is 0 Å². The summed E-state index contributed by atoms with van der Waals surface area (Å²) < 4.78 is 0.233. The topological polar surface area (TPSA) is 55.8 Å². The van der Waals surface area contributed by atoms with Gasteiger partial charge in [0, 0.05) is 11.7 Å². The van der Waals surface area contributed by atoms with Crippen molar-refractivity contribution < 1.29 is 10.0 Å². The predicted octanol–water partition coefficient (Wildman–Crippen LogP) is 4.36. The standard InChI is InChI=1S/C18H25N3O2S2/c1-18(2)15(20(17(24)25-18)14-11-7-4-8-12-14)21(23)16(22)19-13-9-5-3-6-10-13/h4,7-8,11-13,15,23H,3,5-6,9-10H2,1-2H3,(H,19,22)/t15-/m0/s1. The fraction of sp³-hybridized carbons (Fsp3) is 0.556. The number of thioether (sulfide) groups is 1. The summed E-state index contributed by atoms with van der Waals surface area (Å²) in [5, 5.41) is 14.5. The lowest BCUT2D eigenvalue weighted by Crippen LogP contribution is -2.58. The Morgan fingerprint density at radius 1 is 1.28 bits per heavy atom. The Hall–Kier alpha value is -1.31. The molecule has 1 aliphatic carbocycles. The van der Waals surface area contributed by atoms with Crippen LogP contribution in [0.25, 0.3) is 0 Å². The van der Waals surface area contributed by atoms with Crippen LogP contribution in [-0.2, 0) is 0 Å². The molecule has 1 aliphatic heterocycles. The van der Waals surface area contributed by atoms with Crippen molar-refractivity contribution in [2.24, 2.45) is 0 Å². The van der Waals surface area contributed by atoms with Gasteiger partial charge in [-0.3, -0.25) is 5.21 Å². The van der Waals surface area contributed by atoms with Crippen LogP contribution in [-0.4, -0.2) is 37.6 Å². The minimum atomic E-state index is -0.559. The number of thiocarbonyl (C=S) groups is 1. The van der Waals surface area contributed by atoms with Gasteiger partial charge in [-0.2, -0.15) is 5.06 Å². The van der Waals surface area contributed by atoms with Crippen molar-refractivity contribution in [3.8, 4) is 0 Å². The van der Waals surface area contributed by atoms with Gasteiger partial charge in [0.05, 0.1) is 4.75 Å². The molecule has 2 fully saturated rings. The number of benzene rings is 1. The Kier molecular flexibility index (Phi) is 5.55. The molecule has 1 atom stereocenters. The number of anilines is 1. The number of hydrogen-bond donors (Lipinski definition) is 2. The molecule has 0 bridgehead atoms. The summed E-state index contributed by atoms with van der Waals surface area (Å²) in [7, 11) is 0. The third-order valence-electron chi connectivity index (χ3n) is 4.82. The molecule has 2 N–H and O–H groups in total. The monoisotopic (exact) mass is 379 g/mol. The molecule has 1 heterocycles. The summed E-state index contributed by atoms with van der Waals surface area (Å²) in [5.41, 5.74) is 0.875. The van der Waals surface area contributed by atoms with Gasteiger partial charge >= 0.3 is 6.03 Å². The number of para-hydroxylation sites is 1. The second kappa shape index (κ2) is 7.51. The van der Waals surface area contributed by atoms with E-state index in [4.69, 9.17) is 12.2 Å². The zero-order chi connectivity index (χ0) is 18.0. The van der Waals surface area contributed by atoms with Gasteiger partial charge in [0.2, 0.25) is 0 Å². The average molecular weight is 380 g/mol. The lowest BCUT2D eigenvalue weighted by Gasteiger charge is -2.37. The van der Waals surface area contributed by atoms with E-state index in [1.165, 1.54) is 18.2 Å². The molecule has 0 radical (unpaired) electrons. The van der Waals surface area contributed by atoms with E-state index in [9.17, 15) is 10.0 Å². The highest BCUT2D eigenvalue weighted by Crippen LogP contribution is 2.44. The highest BCUT2D eigenvalue weighted by atomic mass is 32.2. The van der Waals surface area contributed by atoms with Crippen LogP contribution < -0.4 is 10.2 Å². The molecule has 25 heavy (non-hydrogen) atoms. The first-order valence-electron chi connectivity index (χ1n) is 8.76. The number of carbonyl (C=O) groups is 1. The van der Waals surface area contributed by atoms with Crippen LogP contribution in [0.2, 0.25) is 0 Å². The molecule has 3 rings (SSSR count). The molecule has 1 saturated heterocycles. The third-order valence-corrected chi connectivity index (χ3v) is 6.38. The molecule has 0 spiro atoms. The zero-order valence-corrected chi connectivity index (χ0v) is 16.3. The summed E-state index contributed by atoms with van der Waals surface area (Å²) in [6.45, 7) is 3.99. The second-order valence-corrected chi connectivity index (χ2v) is 9.47. The van der Waals surface area contributed by atoms with Crippen molar-refractivity contribution in [1.29, 1.82) is 0 Å². The number of nitrogens with zero attached hydrogens (tertiary/aromatic N) is 2. The van der Waals surface area contributed by atoms with Gasteiger partial charge in [0.15, 0.2) is 6.17 Å². The largest absolute Gasteiger partial charge is 0.343 e. The van der Waals surface area contributed by atoms with Crippen LogP contribution in [0.5, 0.6) is 0 Å². The molecule has 7 heteroatoms. The Balaban J connectivity index is 1.80. The van der Waals surface area contributed by atoms with Crippen molar-refractivity contribution in [2.75, 3.05) is 4.90 Å². The van der Waals surface area contributed by atoms with Crippen LogP contribution >= 0.6 is 24.0 Å². The van der Waals surface area contributed by atoms with Gasteiger partial charge in [0.1, 0.15) is 4.32 Å². The maximum atomic E-state index is 12.7. The minimum absolute atomic E-state index is 0.144. The van der Waals surface area contributed by atoms with Crippen LogP contribution in [0.3, 0.4) is 0 Å². The first-order valence-corrected chi connectivity index (χ1v) is 9.98. The second-order valence-electron chi connectivity index (χ2n) is 7.18. The van der Waals surface area contributed by atoms with Gasteiger partial charge in [-0.15, -0.1) is 0 Å². The van der Waals surface area contributed by atoms with Gasteiger partial charge < -0.3 is 10.2 Å². The van der Waals surface area contributed by atoms with Gasteiger partial charge in [-0.05, 0) is 38.8 Å².